The maximum atomic E-state index is 5.42. The quantitative estimate of drug-likeness (QED) is 0.849. The summed E-state index contributed by atoms with van der Waals surface area (Å²) in [5.41, 5.74) is 0. The van der Waals surface area contributed by atoms with Crippen molar-refractivity contribution in [3.05, 3.63) is 11.7 Å². The third-order valence-electron chi connectivity index (χ3n) is 3.22. The average Bonchev–Trinajstić information content (AvgIpc) is 2.86. The number of ether oxygens (including phenoxy) is 1. The molecule has 0 aliphatic carbocycles. The van der Waals surface area contributed by atoms with Crippen LogP contribution < -0.4 is 5.32 Å². The van der Waals surface area contributed by atoms with E-state index in [1.165, 1.54) is 0 Å². The number of rotatable bonds is 5. The van der Waals surface area contributed by atoms with E-state index in [-0.39, 0.29) is 0 Å². The first-order valence-electron chi connectivity index (χ1n) is 6.43. The molecule has 0 bridgehead atoms. The van der Waals surface area contributed by atoms with Crippen LogP contribution in [0.4, 0.5) is 0 Å². The fourth-order valence-electron chi connectivity index (χ4n) is 1.86. The fourth-order valence-corrected chi connectivity index (χ4v) is 1.86. The molecule has 1 aromatic heterocycles. The Balaban J connectivity index is 1.86. The first kappa shape index (κ1) is 12.5. The second-order valence-corrected chi connectivity index (χ2v) is 4.65. The molecule has 96 valence electrons. The van der Waals surface area contributed by atoms with Crippen LogP contribution in [0.5, 0.6) is 0 Å². The molecule has 1 saturated heterocycles. The van der Waals surface area contributed by atoms with Crippen molar-refractivity contribution in [3.8, 4) is 0 Å². The first-order valence-corrected chi connectivity index (χ1v) is 6.43. The Kier molecular flexibility index (Phi) is 4.50. The largest absolute Gasteiger partial charge is 0.381 e. The molecular formula is C12H21N3O2. The zero-order valence-corrected chi connectivity index (χ0v) is 10.6. The summed E-state index contributed by atoms with van der Waals surface area (Å²) >= 11 is 0. The third-order valence-corrected chi connectivity index (χ3v) is 3.22. The predicted octanol–water partition coefficient (Wildman–Crippen LogP) is 1.85. The molecule has 1 aliphatic heterocycles. The maximum absolute atomic E-state index is 5.42. The summed E-state index contributed by atoms with van der Waals surface area (Å²) in [6, 6.07) is 0.475. The summed E-state index contributed by atoms with van der Waals surface area (Å²) in [7, 11) is 0. The Morgan fingerprint density at radius 3 is 3.12 bits per heavy atom. The second kappa shape index (κ2) is 6.12. The number of hydrogen-bond acceptors (Lipinski definition) is 5. The number of hydrogen-bond donors (Lipinski definition) is 1. The van der Waals surface area contributed by atoms with E-state index < -0.39 is 0 Å². The molecule has 2 rings (SSSR count). The zero-order chi connectivity index (χ0) is 12.1. The van der Waals surface area contributed by atoms with Crippen LogP contribution in [0, 0.1) is 0 Å². The van der Waals surface area contributed by atoms with Crippen molar-refractivity contribution < 1.29 is 9.26 Å². The van der Waals surface area contributed by atoms with Crippen LogP contribution in [-0.2, 0) is 11.3 Å². The van der Waals surface area contributed by atoms with E-state index in [0.717, 1.165) is 38.3 Å². The van der Waals surface area contributed by atoms with Crippen LogP contribution in [0.1, 0.15) is 50.7 Å². The molecule has 2 unspecified atom stereocenters. The lowest BCUT2D eigenvalue weighted by atomic mass is 10.0. The molecule has 0 radical (unpaired) electrons. The van der Waals surface area contributed by atoms with Crippen LogP contribution in [0.2, 0.25) is 0 Å². The number of nitrogens with zero attached hydrogens (tertiary/aromatic N) is 2. The molecule has 1 aliphatic rings. The van der Waals surface area contributed by atoms with Gasteiger partial charge in [-0.3, -0.25) is 0 Å². The van der Waals surface area contributed by atoms with Crippen molar-refractivity contribution >= 4 is 0 Å². The summed E-state index contributed by atoms with van der Waals surface area (Å²) in [5.74, 6) is 1.78. The van der Waals surface area contributed by atoms with Gasteiger partial charge < -0.3 is 14.6 Å². The van der Waals surface area contributed by atoms with Gasteiger partial charge in [0.15, 0.2) is 5.82 Å². The maximum Gasteiger partial charge on any atom is 0.240 e. The van der Waals surface area contributed by atoms with Crippen molar-refractivity contribution in [1.29, 1.82) is 0 Å². The molecule has 17 heavy (non-hydrogen) atoms. The summed E-state index contributed by atoms with van der Waals surface area (Å²) in [5, 5.41) is 7.37. The van der Waals surface area contributed by atoms with Gasteiger partial charge >= 0.3 is 0 Å². The van der Waals surface area contributed by atoms with E-state index in [1.54, 1.807) is 0 Å². The topological polar surface area (TPSA) is 60.2 Å². The van der Waals surface area contributed by atoms with Gasteiger partial charge in [0.1, 0.15) is 0 Å². The van der Waals surface area contributed by atoms with Crippen molar-refractivity contribution in [2.75, 3.05) is 13.2 Å². The van der Waals surface area contributed by atoms with E-state index in [9.17, 15) is 0 Å². The van der Waals surface area contributed by atoms with Gasteiger partial charge in [-0.1, -0.05) is 12.1 Å². The highest BCUT2D eigenvalue weighted by atomic mass is 16.5. The van der Waals surface area contributed by atoms with Gasteiger partial charge in [0, 0.05) is 18.6 Å². The van der Waals surface area contributed by atoms with E-state index in [1.807, 2.05) is 0 Å². The van der Waals surface area contributed by atoms with Crippen molar-refractivity contribution in [2.45, 2.75) is 51.6 Å². The van der Waals surface area contributed by atoms with E-state index >= 15 is 0 Å². The molecular weight excluding hydrogens is 218 g/mol. The Morgan fingerprint density at radius 1 is 1.53 bits per heavy atom. The van der Waals surface area contributed by atoms with Crippen LogP contribution in [0.15, 0.2) is 4.52 Å². The monoisotopic (exact) mass is 239 g/mol. The molecule has 0 aromatic carbocycles. The summed E-state index contributed by atoms with van der Waals surface area (Å²) in [4.78, 5) is 4.42. The average molecular weight is 239 g/mol. The lowest BCUT2D eigenvalue weighted by Crippen LogP contribution is -2.24. The lowest BCUT2D eigenvalue weighted by Gasteiger charge is -2.18. The van der Waals surface area contributed by atoms with Crippen LogP contribution in [0.25, 0.3) is 0 Å². The molecule has 0 amide bonds. The normalized spacial score (nSPS) is 22.6. The lowest BCUT2D eigenvalue weighted by molar-refractivity contribution is 0.0773. The van der Waals surface area contributed by atoms with E-state index in [4.69, 9.17) is 9.26 Å². The minimum Gasteiger partial charge on any atom is -0.381 e. The highest BCUT2D eigenvalue weighted by molar-refractivity contribution is 4.96. The minimum atomic E-state index is 0.310. The van der Waals surface area contributed by atoms with E-state index in [2.05, 4.69) is 29.3 Å². The summed E-state index contributed by atoms with van der Waals surface area (Å²) in [6.45, 7) is 6.52. The van der Waals surface area contributed by atoms with Crippen LogP contribution in [-0.4, -0.2) is 29.4 Å². The molecule has 5 nitrogen and oxygen atoms in total. The Bertz CT molecular complexity index is 334. The van der Waals surface area contributed by atoms with Gasteiger partial charge in [-0.05, 0) is 26.2 Å². The van der Waals surface area contributed by atoms with Crippen LogP contribution in [0.3, 0.4) is 0 Å². The second-order valence-electron chi connectivity index (χ2n) is 4.65. The zero-order valence-electron chi connectivity index (χ0n) is 10.6. The van der Waals surface area contributed by atoms with Gasteiger partial charge in [0.2, 0.25) is 5.89 Å². The molecule has 0 spiro atoms. The molecule has 0 saturated carbocycles. The molecule has 2 atom stereocenters. The predicted molar refractivity (Wildman–Crippen MR) is 63.7 cm³/mol. The van der Waals surface area contributed by atoms with Gasteiger partial charge in [-0.15, -0.1) is 0 Å². The van der Waals surface area contributed by atoms with Gasteiger partial charge in [0.05, 0.1) is 13.2 Å². The Morgan fingerprint density at radius 2 is 2.41 bits per heavy atom. The highest BCUT2D eigenvalue weighted by Crippen LogP contribution is 2.22. The molecule has 2 heterocycles. The first-order chi connectivity index (χ1) is 8.29. The molecule has 5 heteroatoms. The number of aromatic nitrogens is 2. The summed E-state index contributed by atoms with van der Waals surface area (Å²) in [6.07, 6.45) is 3.27. The van der Waals surface area contributed by atoms with Crippen molar-refractivity contribution in [2.24, 2.45) is 0 Å². The van der Waals surface area contributed by atoms with Crippen molar-refractivity contribution in [3.63, 3.8) is 0 Å². The van der Waals surface area contributed by atoms with E-state index in [0.29, 0.717) is 24.4 Å². The smallest absolute Gasteiger partial charge is 0.240 e. The SMILES string of the molecule is CCC(C)NCc1nc(C2CCCOC2)no1. The number of nitrogens with one attached hydrogen (secondary N) is 1. The minimum absolute atomic E-state index is 0.310. The molecule has 1 fully saturated rings. The summed E-state index contributed by atoms with van der Waals surface area (Å²) < 4.78 is 10.7. The fraction of sp³-hybridized carbons (Fsp3) is 0.833. The van der Waals surface area contributed by atoms with Gasteiger partial charge in [0.25, 0.3) is 0 Å². The Labute approximate surface area is 102 Å². The van der Waals surface area contributed by atoms with Gasteiger partial charge in [-0.25, -0.2) is 0 Å². The molecule has 1 aromatic rings. The van der Waals surface area contributed by atoms with Gasteiger partial charge in [-0.2, -0.15) is 4.98 Å². The Hall–Kier alpha value is -0.940. The third kappa shape index (κ3) is 3.51. The standard InChI is InChI=1S/C12H21N3O2/c1-3-9(2)13-7-11-14-12(15-17-11)10-5-4-6-16-8-10/h9-10,13H,3-8H2,1-2H3. The van der Waals surface area contributed by atoms with Crippen LogP contribution >= 0.6 is 0 Å². The molecule has 1 N–H and O–H groups in total. The van der Waals surface area contributed by atoms with Crippen molar-refractivity contribution in [1.82, 2.24) is 15.5 Å². The highest BCUT2D eigenvalue weighted by Gasteiger charge is 2.21.